The van der Waals surface area contributed by atoms with Crippen molar-refractivity contribution >= 4 is 25.5 Å². The van der Waals surface area contributed by atoms with Gasteiger partial charge in [-0.2, -0.15) is 0 Å². The number of carbonyl (C=O) groups excluding carboxylic acids is 2. The van der Waals surface area contributed by atoms with Crippen molar-refractivity contribution in [1.82, 2.24) is 10.6 Å². The summed E-state index contributed by atoms with van der Waals surface area (Å²) < 4.78 is 12.0. The first-order valence-electron chi connectivity index (χ1n) is 13.4. The zero-order valence-corrected chi connectivity index (χ0v) is 23.2. The number of aliphatic hydroxyl groups is 1. The Kier molecular flexibility index (Phi) is 13.0. The maximum Gasteiger partial charge on any atom is 0.243 e. The minimum absolute atomic E-state index is 0.00836. The van der Waals surface area contributed by atoms with Gasteiger partial charge in [0.05, 0.1) is 6.10 Å². The second-order valence-electron chi connectivity index (χ2n) is 10.6. The highest BCUT2D eigenvalue weighted by Crippen LogP contribution is 2.40. The number of anilines is 1. The Hall–Kier alpha value is -1.89. The summed E-state index contributed by atoms with van der Waals surface area (Å²) in [6, 6.07) is 8.21. The van der Waals surface area contributed by atoms with Gasteiger partial charge in [0, 0.05) is 17.9 Å². The maximum absolute atomic E-state index is 13.2. The fraction of sp³-hybridized carbons (Fsp3) is 0.704. The predicted octanol–water partition coefficient (Wildman–Crippen LogP) is 3.94. The Balaban J connectivity index is 1.98. The summed E-state index contributed by atoms with van der Waals surface area (Å²) in [6.07, 6.45) is 5.04. The smallest absolute Gasteiger partial charge is 0.243 e. The van der Waals surface area contributed by atoms with E-state index in [1.165, 1.54) is 0 Å². The van der Waals surface area contributed by atoms with Crippen LogP contribution in [-0.2, 0) is 14.2 Å². The molecular formula is C27H46N3O5P. The van der Waals surface area contributed by atoms with Gasteiger partial charge < -0.3 is 26.0 Å². The van der Waals surface area contributed by atoms with Crippen molar-refractivity contribution in [2.75, 3.05) is 11.9 Å². The standard InChI is InChI=1S/C27H46N3O5P/c1-5-19(4)25(30-27(33)24(18(2)3)29-21-14-10-7-11-15-21)26(32)28-17-22(31)16-23(36(34)35)20-12-8-6-9-13-20/h7,10-11,14-15,18-20,22-25,29,31,36H,5-6,8-9,12-13,16-17H2,1-4H3,(H,28,32)(H,30,33)(H,34,35)/t19?,22-,23?,24+,25?/m1/s1. The van der Waals surface area contributed by atoms with Gasteiger partial charge in [0.1, 0.15) is 12.1 Å². The zero-order chi connectivity index (χ0) is 26.7. The lowest BCUT2D eigenvalue weighted by Gasteiger charge is -2.30. The third-order valence-electron chi connectivity index (χ3n) is 7.41. The summed E-state index contributed by atoms with van der Waals surface area (Å²) in [4.78, 5) is 36.2. The highest BCUT2D eigenvalue weighted by Gasteiger charge is 2.32. The SMILES string of the molecule is CCC(C)C(NC(=O)[C@@H](Nc1ccccc1)C(C)C)C(=O)NC[C@H](O)CC(C1CCCCC1)[PH](=O)O. The number of hydrogen-bond acceptors (Lipinski definition) is 5. The fourth-order valence-electron chi connectivity index (χ4n) is 4.93. The molecule has 1 saturated carbocycles. The highest BCUT2D eigenvalue weighted by molar-refractivity contribution is 7.38. The van der Waals surface area contributed by atoms with Gasteiger partial charge in [0.25, 0.3) is 0 Å². The van der Waals surface area contributed by atoms with Crippen LogP contribution in [0.2, 0.25) is 0 Å². The van der Waals surface area contributed by atoms with Crippen LogP contribution in [0.15, 0.2) is 30.3 Å². The third kappa shape index (κ3) is 9.53. The van der Waals surface area contributed by atoms with E-state index < -0.39 is 31.9 Å². The van der Waals surface area contributed by atoms with Crippen LogP contribution in [0.3, 0.4) is 0 Å². The first-order valence-corrected chi connectivity index (χ1v) is 14.9. The van der Waals surface area contributed by atoms with Gasteiger partial charge in [0.15, 0.2) is 8.03 Å². The van der Waals surface area contributed by atoms with Crippen LogP contribution in [0.1, 0.15) is 72.6 Å². The van der Waals surface area contributed by atoms with Crippen molar-refractivity contribution < 1.29 is 24.2 Å². The van der Waals surface area contributed by atoms with Gasteiger partial charge >= 0.3 is 0 Å². The van der Waals surface area contributed by atoms with E-state index in [1.54, 1.807) is 0 Å². The molecule has 0 saturated heterocycles. The van der Waals surface area contributed by atoms with Crippen molar-refractivity contribution in [1.29, 1.82) is 0 Å². The second kappa shape index (κ2) is 15.4. The van der Waals surface area contributed by atoms with Gasteiger partial charge in [-0.05, 0) is 49.1 Å². The predicted molar refractivity (Wildman–Crippen MR) is 145 cm³/mol. The summed E-state index contributed by atoms with van der Waals surface area (Å²) in [5, 5.41) is 19.5. The minimum Gasteiger partial charge on any atom is -0.391 e. The van der Waals surface area contributed by atoms with E-state index in [2.05, 4.69) is 16.0 Å². The molecule has 1 fully saturated rings. The number of para-hydroxylation sites is 1. The molecule has 0 spiro atoms. The minimum atomic E-state index is -2.78. The lowest BCUT2D eigenvalue weighted by Crippen LogP contribution is -2.55. The van der Waals surface area contributed by atoms with E-state index in [0.717, 1.165) is 37.8 Å². The van der Waals surface area contributed by atoms with E-state index in [0.29, 0.717) is 6.42 Å². The number of amides is 2. The number of nitrogens with one attached hydrogen (secondary N) is 3. The molecule has 2 amide bonds. The van der Waals surface area contributed by atoms with Crippen LogP contribution in [-0.4, -0.2) is 52.2 Å². The monoisotopic (exact) mass is 523 g/mol. The molecule has 2 rings (SSSR count). The van der Waals surface area contributed by atoms with Crippen LogP contribution < -0.4 is 16.0 Å². The molecule has 204 valence electrons. The number of hydrogen-bond donors (Lipinski definition) is 5. The molecule has 1 aromatic carbocycles. The van der Waals surface area contributed by atoms with Gasteiger partial charge in [0.2, 0.25) is 11.8 Å². The van der Waals surface area contributed by atoms with Crippen LogP contribution >= 0.6 is 8.03 Å². The molecule has 0 radical (unpaired) electrons. The lowest BCUT2D eigenvalue weighted by atomic mass is 9.85. The van der Waals surface area contributed by atoms with Crippen molar-refractivity contribution in [3.8, 4) is 0 Å². The zero-order valence-electron chi connectivity index (χ0n) is 22.2. The second-order valence-corrected chi connectivity index (χ2v) is 12.0. The molecule has 36 heavy (non-hydrogen) atoms. The summed E-state index contributed by atoms with van der Waals surface area (Å²) in [7, 11) is -2.78. The average molecular weight is 524 g/mol. The fourth-order valence-corrected chi connectivity index (χ4v) is 6.14. The molecule has 1 aliphatic rings. The van der Waals surface area contributed by atoms with Gasteiger partial charge in [-0.15, -0.1) is 0 Å². The summed E-state index contributed by atoms with van der Waals surface area (Å²) in [6.45, 7) is 7.75. The topological polar surface area (TPSA) is 128 Å². The number of rotatable bonds is 14. The molecule has 5 N–H and O–H groups in total. The maximum atomic E-state index is 13.2. The lowest BCUT2D eigenvalue weighted by molar-refractivity contribution is -0.131. The molecular weight excluding hydrogens is 477 g/mol. The molecule has 1 aliphatic carbocycles. The van der Waals surface area contributed by atoms with Crippen molar-refractivity contribution in [2.45, 2.75) is 96.5 Å². The third-order valence-corrected chi connectivity index (χ3v) is 8.75. The molecule has 0 bridgehead atoms. The quantitative estimate of drug-likeness (QED) is 0.235. The molecule has 0 aliphatic heterocycles. The van der Waals surface area contributed by atoms with Gasteiger partial charge in [-0.25, -0.2) is 0 Å². The molecule has 8 nitrogen and oxygen atoms in total. The Morgan fingerprint density at radius 3 is 2.22 bits per heavy atom. The molecule has 1 aromatic rings. The van der Waals surface area contributed by atoms with Crippen LogP contribution in [0, 0.1) is 17.8 Å². The normalized spacial score (nSPS) is 19.5. The summed E-state index contributed by atoms with van der Waals surface area (Å²) in [5.41, 5.74) is 0.401. The number of carbonyl (C=O) groups is 2. The van der Waals surface area contributed by atoms with Gasteiger partial charge in [-0.1, -0.05) is 71.6 Å². The van der Waals surface area contributed by atoms with E-state index >= 15 is 0 Å². The highest BCUT2D eigenvalue weighted by atomic mass is 31.1. The van der Waals surface area contributed by atoms with Crippen LogP contribution in [0.4, 0.5) is 5.69 Å². The summed E-state index contributed by atoms with van der Waals surface area (Å²) in [5.74, 6) is -0.584. The average Bonchev–Trinajstić information content (AvgIpc) is 2.87. The molecule has 0 aromatic heterocycles. The van der Waals surface area contributed by atoms with E-state index in [1.807, 2.05) is 58.0 Å². The molecule has 6 atom stereocenters. The Morgan fingerprint density at radius 2 is 1.67 bits per heavy atom. The van der Waals surface area contributed by atoms with E-state index in [4.69, 9.17) is 0 Å². The van der Waals surface area contributed by atoms with Crippen LogP contribution in [0.25, 0.3) is 0 Å². The first-order chi connectivity index (χ1) is 17.1. The van der Waals surface area contributed by atoms with E-state index in [9.17, 15) is 24.2 Å². The first kappa shape index (κ1) is 30.3. The molecule has 4 unspecified atom stereocenters. The molecule has 0 heterocycles. The summed E-state index contributed by atoms with van der Waals surface area (Å²) >= 11 is 0. The Labute approximate surface area is 216 Å². The van der Waals surface area contributed by atoms with Crippen molar-refractivity contribution in [2.24, 2.45) is 17.8 Å². The largest absolute Gasteiger partial charge is 0.391 e. The van der Waals surface area contributed by atoms with Crippen molar-refractivity contribution in [3.05, 3.63) is 30.3 Å². The van der Waals surface area contributed by atoms with Crippen molar-refractivity contribution in [3.63, 3.8) is 0 Å². The van der Waals surface area contributed by atoms with Gasteiger partial charge in [-0.3, -0.25) is 14.2 Å². The Morgan fingerprint density at radius 1 is 1.03 bits per heavy atom. The number of aliphatic hydroxyl groups excluding tert-OH is 1. The van der Waals surface area contributed by atoms with E-state index in [-0.39, 0.29) is 42.5 Å². The number of benzene rings is 1. The molecule has 9 heteroatoms. The van der Waals surface area contributed by atoms with Crippen LogP contribution in [0.5, 0.6) is 0 Å². The Bertz CT molecular complexity index is 832.